The van der Waals surface area contributed by atoms with Gasteiger partial charge in [-0.1, -0.05) is 0 Å². The van der Waals surface area contributed by atoms with Crippen LogP contribution in [0.15, 0.2) is 41.3 Å². The van der Waals surface area contributed by atoms with Crippen LogP contribution in [0.2, 0.25) is 0 Å². The minimum atomic E-state index is -0.0179. The second-order valence-corrected chi connectivity index (χ2v) is 8.25. The number of amides is 1. The molecule has 3 aromatic heterocycles. The van der Waals surface area contributed by atoms with E-state index < -0.39 is 0 Å². The highest BCUT2D eigenvalue weighted by Gasteiger charge is 2.27. The standard InChI is InChI=1S/C21H23N5O2S/c1-14-15(2)29-21(24-14)25-20-19(22-9-10-23-20)16-5-3-11-26(13-16)18(27)8-7-17-6-4-12-28-17/h4,6-10,12,16H,3,5,11,13H2,1-2H3,(H,23,24,25)/b8-7+. The maximum Gasteiger partial charge on any atom is 0.246 e. The van der Waals surface area contributed by atoms with Gasteiger partial charge in [-0.2, -0.15) is 0 Å². The molecule has 1 saturated heterocycles. The molecule has 1 N–H and O–H groups in total. The molecule has 1 fully saturated rings. The maximum atomic E-state index is 12.6. The summed E-state index contributed by atoms with van der Waals surface area (Å²) in [5.41, 5.74) is 1.89. The lowest BCUT2D eigenvalue weighted by molar-refractivity contribution is -0.127. The second-order valence-electron chi connectivity index (χ2n) is 7.05. The SMILES string of the molecule is Cc1nc(Nc2nccnc2C2CCCN(C(=O)/C=C/c3ccco3)C2)sc1C. The molecule has 29 heavy (non-hydrogen) atoms. The van der Waals surface area contributed by atoms with Crippen LogP contribution in [0.4, 0.5) is 10.9 Å². The first kappa shape index (κ1) is 19.3. The first-order chi connectivity index (χ1) is 14.1. The Hall–Kier alpha value is -3.00. The van der Waals surface area contributed by atoms with E-state index in [1.807, 2.05) is 17.9 Å². The number of carbonyl (C=O) groups excluding carboxylic acids is 1. The summed E-state index contributed by atoms with van der Waals surface area (Å²) in [5, 5.41) is 4.14. The van der Waals surface area contributed by atoms with Crippen molar-refractivity contribution in [2.24, 2.45) is 0 Å². The van der Waals surface area contributed by atoms with Gasteiger partial charge < -0.3 is 14.6 Å². The summed E-state index contributed by atoms with van der Waals surface area (Å²) in [7, 11) is 0. The van der Waals surface area contributed by atoms with Crippen molar-refractivity contribution in [3.05, 3.63) is 58.9 Å². The van der Waals surface area contributed by atoms with E-state index >= 15 is 0 Å². The van der Waals surface area contributed by atoms with E-state index in [9.17, 15) is 4.79 Å². The highest BCUT2D eigenvalue weighted by atomic mass is 32.1. The van der Waals surface area contributed by atoms with Crippen LogP contribution >= 0.6 is 11.3 Å². The van der Waals surface area contributed by atoms with E-state index in [4.69, 9.17) is 4.42 Å². The summed E-state index contributed by atoms with van der Waals surface area (Å²) in [6, 6.07) is 3.62. The topological polar surface area (TPSA) is 84.2 Å². The average Bonchev–Trinajstić information content (AvgIpc) is 3.36. The number of nitrogens with one attached hydrogen (secondary N) is 1. The van der Waals surface area contributed by atoms with Crippen LogP contribution in [0.1, 0.15) is 40.8 Å². The fraction of sp³-hybridized carbons (Fsp3) is 0.333. The number of thiazole rings is 1. The van der Waals surface area contributed by atoms with Crippen LogP contribution in [0.5, 0.6) is 0 Å². The lowest BCUT2D eigenvalue weighted by Gasteiger charge is -2.32. The summed E-state index contributed by atoms with van der Waals surface area (Å²) < 4.78 is 5.26. The number of furan rings is 1. The number of carbonyl (C=O) groups is 1. The third kappa shape index (κ3) is 4.54. The van der Waals surface area contributed by atoms with Gasteiger partial charge in [0.2, 0.25) is 5.91 Å². The molecule has 0 bridgehead atoms. The lowest BCUT2D eigenvalue weighted by atomic mass is 9.94. The van der Waals surface area contributed by atoms with Crippen LogP contribution in [0, 0.1) is 13.8 Å². The molecule has 1 unspecified atom stereocenters. The Bertz CT molecular complexity index is 993. The fourth-order valence-electron chi connectivity index (χ4n) is 3.42. The van der Waals surface area contributed by atoms with Crippen molar-refractivity contribution in [3.63, 3.8) is 0 Å². The van der Waals surface area contributed by atoms with Crippen molar-refractivity contribution in [2.45, 2.75) is 32.6 Å². The number of hydrogen-bond donors (Lipinski definition) is 1. The number of rotatable bonds is 5. The number of aromatic nitrogens is 3. The molecule has 150 valence electrons. The van der Waals surface area contributed by atoms with Gasteiger partial charge in [-0.15, -0.1) is 11.3 Å². The van der Waals surface area contributed by atoms with Crippen molar-refractivity contribution in [1.82, 2.24) is 19.9 Å². The largest absolute Gasteiger partial charge is 0.465 e. The zero-order valence-corrected chi connectivity index (χ0v) is 17.3. The zero-order valence-electron chi connectivity index (χ0n) is 16.5. The zero-order chi connectivity index (χ0) is 20.2. The Labute approximate surface area is 173 Å². The highest BCUT2D eigenvalue weighted by Crippen LogP contribution is 2.32. The molecule has 8 heteroatoms. The summed E-state index contributed by atoms with van der Waals surface area (Å²) in [6.07, 6.45) is 10.1. The van der Waals surface area contributed by atoms with Gasteiger partial charge in [0, 0.05) is 42.4 Å². The Balaban J connectivity index is 1.49. The van der Waals surface area contributed by atoms with E-state index in [1.165, 1.54) is 4.88 Å². The smallest absolute Gasteiger partial charge is 0.246 e. The minimum Gasteiger partial charge on any atom is -0.465 e. The Morgan fingerprint density at radius 2 is 2.21 bits per heavy atom. The van der Waals surface area contributed by atoms with E-state index in [0.717, 1.165) is 35.9 Å². The predicted molar refractivity (Wildman–Crippen MR) is 113 cm³/mol. The number of nitrogens with zero attached hydrogens (tertiary/aromatic N) is 4. The van der Waals surface area contributed by atoms with Gasteiger partial charge in [-0.05, 0) is 44.9 Å². The molecule has 1 atom stereocenters. The van der Waals surface area contributed by atoms with Crippen LogP contribution in [-0.2, 0) is 4.79 Å². The van der Waals surface area contributed by atoms with E-state index in [0.29, 0.717) is 18.1 Å². The Morgan fingerprint density at radius 1 is 1.34 bits per heavy atom. The quantitative estimate of drug-likeness (QED) is 0.632. The van der Waals surface area contributed by atoms with Crippen molar-refractivity contribution < 1.29 is 9.21 Å². The summed E-state index contributed by atoms with van der Waals surface area (Å²) >= 11 is 1.60. The highest BCUT2D eigenvalue weighted by molar-refractivity contribution is 7.15. The molecule has 1 aliphatic rings. The minimum absolute atomic E-state index is 0.0179. The average molecular weight is 410 g/mol. The molecule has 0 radical (unpaired) electrons. The molecule has 4 rings (SSSR count). The van der Waals surface area contributed by atoms with Crippen molar-refractivity contribution in [2.75, 3.05) is 18.4 Å². The molecule has 0 aromatic carbocycles. The molecule has 7 nitrogen and oxygen atoms in total. The van der Waals surface area contributed by atoms with Crippen molar-refractivity contribution >= 4 is 34.3 Å². The third-order valence-corrected chi connectivity index (χ3v) is 6.02. The Morgan fingerprint density at radius 3 is 2.97 bits per heavy atom. The van der Waals surface area contributed by atoms with Gasteiger partial charge in [-0.3, -0.25) is 9.78 Å². The van der Waals surface area contributed by atoms with Crippen LogP contribution in [0.25, 0.3) is 6.08 Å². The molecule has 4 heterocycles. The lowest BCUT2D eigenvalue weighted by Crippen LogP contribution is -2.38. The first-order valence-electron chi connectivity index (χ1n) is 9.62. The van der Waals surface area contributed by atoms with Gasteiger partial charge in [0.1, 0.15) is 5.76 Å². The molecule has 1 amide bonds. The summed E-state index contributed by atoms with van der Waals surface area (Å²) in [5.74, 6) is 1.49. The number of piperidine rings is 1. The van der Waals surface area contributed by atoms with Crippen molar-refractivity contribution in [1.29, 1.82) is 0 Å². The monoisotopic (exact) mass is 409 g/mol. The summed E-state index contributed by atoms with van der Waals surface area (Å²) in [4.78, 5) is 29.3. The molecule has 0 aliphatic carbocycles. The van der Waals surface area contributed by atoms with Crippen LogP contribution in [-0.4, -0.2) is 38.8 Å². The van der Waals surface area contributed by atoms with Crippen LogP contribution in [0.3, 0.4) is 0 Å². The number of anilines is 2. The van der Waals surface area contributed by atoms with Gasteiger partial charge in [0.25, 0.3) is 0 Å². The third-order valence-electron chi connectivity index (χ3n) is 5.03. The summed E-state index contributed by atoms with van der Waals surface area (Å²) in [6.45, 7) is 5.41. The second kappa shape index (κ2) is 8.57. The number of likely N-dealkylation sites (tertiary alicyclic amines) is 1. The van der Waals surface area contributed by atoms with Gasteiger partial charge >= 0.3 is 0 Å². The fourth-order valence-corrected chi connectivity index (χ4v) is 4.23. The van der Waals surface area contributed by atoms with Crippen LogP contribution < -0.4 is 5.32 Å². The van der Waals surface area contributed by atoms with Gasteiger partial charge in [0.05, 0.1) is 17.7 Å². The number of hydrogen-bond acceptors (Lipinski definition) is 7. The molecule has 0 saturated carbocycles. The normalized spacial score (nSPS) is 17.0. The molecular formula is C21H23N5O2S. The maximum absolute atomic E-state index is 12.6. The molecule has 1 aliphatic heterocycles. The van der Waals surface area contributed by atoms with Crippen molar-refractivity contribution in [3.8, 4) is 0 Å². The number of aryl methyl sites for hydroxylation is 2. The van der Waals surface area contributed by atoms with Gasteiger partial charge in [0.15, 0.2) is 10.9 Å². The van der Waals surface area contributed by atoms with E-state index in [-0.39, 0.29) is 11.8 Å². The predicted octanol–water partition coefficient (Wildman–Crippen LogP) is 4.31. The first-order valence-corrected chi connectivity index (χ1v) is 10.4. The molecule has 0 spiro atoms. The molecule has 3 aromatic rings. The van der Waals surface area contributed by atoms with Gasteiger partial charge in [-0.25, -0.2) is 9.97 Å². The van der Waals surface area contributed by atoms with E-state index in [1.54, 1.807) is 48.2 Å². The Kier molecular flexibility index (Phi) is 5.71. The molecular weight excluding hydrogens is 386 g/mol. The van der Waals surface area contributed by atoms with E-state index in [2.05, 4.69) is 27.2 Å².